The summed E-state index contributed by atoms with van der Waals surface area (Å²) in [5.74, 6) is 1.32. The molecule has 0 radical (unpaired) electrons. The second-order valence-electron chi connectivity index (χ2n) is 5.53. The Morgan fingerprint density at radius 3 is 2.41 bits per heavy atom. The molecule has 1 atom stereocenters. The molecule has 0 aliphatic carbocycles. The van der Waals surface area contributed by atoms with Crippen molar-refractivity contribution in [2.45, 2.75) is 32.2 Å². The summed E-state index contributed by atoms with van der Waals surface area (Å²) in [6, 6.07) is 11.0. The quantitative estimate of drug-likeness (QED) is 0.844. The Bertz CT molecular complexity index is 330. The summed E-state index contributed by atoms with van der Waals surface area (Å²) in [4.78, 5) is 2.41. The molecule has 2 rings (SSSR count). The first kappa shape index (κ1) is 12.6. The zero-order valence-corrected chi connectivity index (χ0v) is 10.8. The van der Waals surface area contributed by atoms with Crippen molar-refractivity contribution >= 4 is 0 Å². The summed E-state index contributed by atoms with van der Waals surface area (Å²) in [6.45, 7) is 6.93. The highest BCUT2D eigenvalue weighted by Gasteiger charge is 2.32. The van der Waals surface area contributed by atoms with Gasteiger partial charge in [-0.25, -0.2) is 0 Å². The van der Waals surface area contributed by atoms with Crippen molar-refractivity contribution in [3.05, 3.63) is 35.9 Å². The van der Waals surface area contributed by atoms with Crippen molar-refractivity contribution in [1.29, 1.82) is 0 Å². The molecule has 2 nitrogen and oxygen atoms in total. The first-order valence-corrected chi connectivity index (χ1v) is 6.60. The number of benzene rings is 1. The van der Waals surface area contributed by atoms with Gasteiger partial charge in [-0.3, -0.25) is 4.90 Å². The fourth-order valence-electron chi connectivity index (χ4n) is 2.63. The lowest BCUT2D eigenvalue weighted by Crippen LogP contribution is -2.52. The number of hydrogen-bond donors (Lipinski definition) is 1. The van der Waals surface area contributed by atoms with Crippen LogP contribution in [0.1, 0.15) is 31.7 Å². The second-order valence-corrected chi connectivity index (χ2v) is 5.53. The van der Waals surface area contributed by atoms with E-state index in [0.717, 1.165) is 19.5 Å². The van der Waals surface area contributed by atoms with Gasteiger partial charge < -0.3 is 5.11 Å². The highest BCUT2D eigenvalue weighted by Crippen LogP contribution is 2.29. The monoisotopic (exact) mass is 233 g/mol. The average Bonchev–Trinajstić information content (AvgIpc) is 2.26. The molecule has 2 heteroatoms. The molecule has 1 aliphatic rings. The smallest absolute Gasteiger partial charge is 0.0586 e. The molecule has 17 heavy (non-hydrogen) atoms. The van der Waals surface area contributed by atoms with Crippen LogP contribution in [0, 0.1) is 5.92 Å². The predicted octanol–water partition coefficient (Wildman–Crippen LogP) is 2.49. The van der Waals surface area contributed by atoms with Gasteiger partial charge in [0, 0.05) is 25.0 Å². The van der Waals surface area contributed by atoms with Crippen molar-refractivity contribution in [3.63, 3.8) is 0 Å². The molecule has 1 saturated heterocycles. The van der Waals surface area contributed by atoms with Crippen LogP contribution in [-0.4, -0.2) is 35.7 Å². The molecule has 1 aliphatic heterocycles. The maximum absolute atomic E-state index is 9.43. The third kappa shape index (κ3) is 3.08. The summed E-state index contributed by atoms with van der Waals surface area (Å²) in [6.07, 6.45) is 1.10. The van der Waals surface area contributed by atoms with Gasteiger partial charge in [0.15, 0.2) is 0 Å². The molecule has 1 aromatic rings. The van der Waals surface area contributed by atoms with Crippen molar-refractivity contribution in [3.8, 4) is 0 Å². The Morgan fingerprint density at radius 1 is 1.24 bits per heavy atom. The van der Waals surface area contributed by atoms with Gasteiger partial charge in [-0.2, -0.15) is 0 Å². The van der Waals surface area contributed by atoms with E-state index < -0.39 is 0 Å². The molecular weight excluding hydrogens is 210 g/mol. The molecule has 0 aromatic heterocycles. The lowest BCUT2D eigenvalue weighted by atomic mass is 9.88. The Kier molecular flexibility index (Phi) is 4.19. The van der Waals surface area contributed by atoms with E-state index in [2.05, 4.69) is 49.1 Å². The van der Waals surface area contributed by atoms with Gasteiger partial charge in [0.25, 0.3) is 0 Å². The lowest BCUT2D eigenvalue weighted by molar-refractivity contribution is 0.0422. The Balaban J connectivity index is 1.85. The van der Waals surface area contributed by atoms with Crippen LogP contribution in [0.3, 0.4) is 0 Å². The highest BCUT2D eigenvalue weighted by molar-refractivity contribution is 5.22. The fourth-order valence-corrected chi connectivity index (χ4v) is 2.63. The van der Waals surface area contributed by atoms with E-state index in [-0.39, 0.29) is 0 Å². The number of rotatable bonds is 5. The van der Waals surface area contributed by atoms with Crippen LogP contribution >= 0.6 is 0 Å². The third-order valence-electron chi connectivity index (χ3n) is 3.65. The van der Waals surface area contributed by atoms with E-state index in [0.29, 0.717) is 24.5 Å². The van der Waals surface area contributed by atoms with Gasteiger partial charge in [0.2, 0.25) is 0 Å². The van der Waals surface area contributed by atoms with E-state index in [4.69, 9.17) is 0 Å². The zero-order chi connectivity index (χ0) is 12.3. The number of aliphatic hydroxyl groups excluding tert-OH is 1. The van der Waals surface area contributed by atoms with E-state index >= 15 is 0 Å². The molecule has 0 amide bonds. The summed E-state index contributed by atoms with van der Waals surface area (Å²) >= 11 is 0. The lowest BCUT2D eigenvalue weighted by Gasteiger charge is -2.44. The molecule has 1 fully saturated rings. The number of hydrogen-bond acceptors (Lipinski definition) is 2. The van der Waals surface area contributed by atoms with Crippen LogP contribution in [0.5, 0.6) is 0 Å². The van der Waals surface area contributed by atoms with Crippen LogP contribution < -0.4 is 0 Å². The van der Waals surface area contributed by atoms with Crippen LogP contribution in [0.25, 0.3) is 0 Å². The molecule has 0 spiro atoms. The molecule has 0 saturated carbocycles. The Hall–Kier alpha value is -0.860. The standard InChI is InChI=1S/C15H23NO/c1-12(2)8-15(11-17)16-9-14(10-16)13-6-4-3-5-7-13/h3-7,12,14-15,17H,8-11H2,1-2H3. The second kappa shape index (κ2) is 5.65. The Labute approximate surface area is 104 Å². The van der Waals surface area contributed by atoms with Gasteiger partial charge in [0.1, 0.15) is 0 Å². The van der Waals surface area contributed by atoms with Gasteiger partial charge >= 0.3 is 0 Å². The first-order valence-electron chi connectivity index (χ1n) is 6.60. The molecule has 1 unspecified atom stereocenters. The summed E-state index contributed by atoms with van der Waals surface area (Å²) < 4.78 is 0. The van der Waals surface area contributed by atoms with E-state index in [1.54, 1.807) is 0 Å². The van der Waals surface area contributed by atoms with E-state index in [1.807, 2.05) is 0 Å². The Morgan fingerprint density at radius 2 is 1.88 bits per heavy atom. The molecule has 1 aromatic carbocycles. The van der Waals surface area contributed by atoms with Crippen molar-refractivity contribution in [2.24, 2.45) is 5.92 Å². The molecular formula is C15H23NO. The van der Waals surface area contributed by atoms with Crippen LogP contribution in [0.15, 0.2) is 30.3 Å². The maximum Gasteiger partial charge on any atom is 0.0586 e. The summed E-state index contributed by atoms with van der Waals surface area (Å²) in [7, 11) is 0. The minimum Gasteiger partial charge on any atom is -0.395 e. The molecule has 94 valence electrons. The fraction of sp³-hybridized carbons (Fsp3) is 0.600. The largest absolute Gasteiger partial charge is 0.395 e. The van der Waals surface area contributed by atoms with Crippen molar-refractivity contribution < 1.29 is 5.11 Å². The average molecular weight is 233 g/mol. The van der Waals surface area contributed by atoms with Gasteiger partial charge in [-0.05, 0) is 17.9 Å². The van der Waals surface area contributed by atoms with E-state index in [9.17, 15) is 5.11 Å². The predicted molar refractivity (Wildman–Crippen MR) is 71.1 cm³/mol. The molecule has 0 bridgehead atoms. The SMILES string of the molecule is CC(C)CC(CO)N1CC(c2ccccc2)C1. The highest BCUT2D eigenvalue weighted by atomic mass is 16.3. The molecule has 1 heterocycles. The third-order valence-corrected chi connectivity index (χ3v) is 3.65. The van der Waals surface area contributed by atoms with Crippen molar-refractivity contribution in [1.82, 2.24) is 4.90 Å². The number of likely N-dealkylation sites (tertiary alicyclic amines) is 1. The normalized spacial score (nSPS) is 19.3. The number of nitrogens with zero attached hydrogens (tertiary/aromatic N) is 1. The van der Waals surface area contributed by atoms with Crippen LogP contribution in [-0.2, 0) is 0 Å². The maximum atomic E-state index is 9.43. The van der Waals surface area contributed by atoms with Gasteiger partial charge in [-0.1, -0.05) is 44.2 Å². The van der Waals surface area contributed by atoms with Crippen LogP contribution in [0.2, 0.25) is 0 Å². The zero-order valence-electron chi connectivity index (χ0n) is 10.8. The minimum absolute atomic E-state index is 0.291. The topological polar surface area (TPSA) is 23.5 Å². The molecule has 1 N–H and O–H groups in total. The minimum atomic E-state index is 0.291. The van der Waals surface area contributed by atoms with E-state index in [1.165, 1.54) is 5.56 Å². The van der Waals surface area contributed by atoms with Crippen LogP contribution in [0.4, 0.5) is 0 Å². The summed E-state index contributed by atoms with van der Waals surface area (Å²) in [5, 5.41) is 9.43. The number of aliphatic hydroxyl groups is 1. The summed E-state index contributed by atoms with van der Waals surface area (Å²) in [5.41, 5.74) is 1.44. The van der Waals surface area contributed by atoms with Crippen molar-refractivity contribution in [2.75, 3.05) is 19.7 Å². The van der Waals surface area contributed by atoms with Gasteiger partial charge in [0.05, 0.1) is 6.61 Å². The van der Waals surface area contributed by atoms with Gasteiger partial charge in [-0.15, -0.1) is 0 Å². The first-order chi connectivity index (χ1) is 8.20.